The molecule has 1 amide bonds. The number of carbonyl (C=O) groups is 1. The van der Waals surface area contributed by atoms with Crippen LogP contribution in [0.25, 0.3) is 27.8 Å². The summed E-state index contributed by atoms with van der Waals surface area (Å²) in [4.78, 5) is 32.2. The van der Waals surface area contributed by atoms with Crippen molar-refractivity contribution in [3.8, 4) is 16.9 Å². The van der Waals surface area contributed by atoms with Crippen LogP contribution in [0.2, 0.25) is 0 Å². The summed E-state index contributed by atoms with van der Waals surface area (Å²) in [6.07, 6.45) is 1.57. The van der Waals surface area contributed by atoms with Gasteiger partial charge in [-0.25, -0.2) is 13.5 Å². The molecule has 35 heavy (non-hydrogen) atoms. The lowest BCUT2D eigenvalue weighted by atomic mass is 10.1. The average Bonchev–Trinajstić information content (AvgIpc) is 3.34. The Kier molecular flexibility index (Phi) is 5.89. The van der Waals surface area contributed by atoms with Crippen molar-refractivity contribution in [1.29, 1.82) is 0 Å². The number of carbonyl (C=O) groups excluding carboxylic acids is 1. The second-order valence-corrected chi connectivity index (χ2v) is 8.88. The molecule has 0 spiro atoms. The van der Waals surface area contributed by atoms with E-state index in [0.29, 0.717) is 35.8 Å². The molecule has 0 unspecified atom stereocenters. The molecular weight excluding hydrogens is 454 g/mol. The van der Waals surface area contributed by atoms with Gasteiger partial charge < -0.3 is 9.88 Å². The van der Waals surface area contributed by atoms with Gasteiger partial charge in [-0.05, 0) is 50.2 Å². The summed E-state index contributed by atoms with van der Waals surface area (Å²) < 4.78 is 28.6. The average molecular weight is 479 g/mol. The molecule has 0 bridgehead atoms. The molecule has 5 rings (SSSR count). The molecule has 1 fully saturated rings. The van der Waals surface area contributed by atoms with Crippen LogP contribution in [0.4, 0.5) is 8.78 Å². The van der Waals surface area contributed by atoms with Crippen LogP contribution in [0.15, 0.2) is 53.5 Å². The van der Waals surface area contributed by atoms with Crippen LogP contribution in [0.3, 0.4) is 0 Å². The Balaban J connectivity index is 1.35. The van der Waals surface area contributed by atoms with Crippen molar-refractivity contribution < 1.29 is 13.6 Å². The van der Waals surface area contributed by atoms with Gasteiger partial charge in [0, 0.05) is 49.2 Å². The summed E-state index contributed by atoms with van der Waals surface area (Å²) in [6, 6.07) is 10.9. The molecular formula is C25H24F2N6O2. The number of nitrogens with zero attached hydrogens (tertiary/aromatic N) is 5. The van der Waals surface area contributed by atoms with Gasteiger partial charge in [0.05, 0.1) is 23.0 Å². The molecule has 3 heterocycles. The second-order valence-electron chi connectivity index (χ2n) is 8.88. The third kappa shape index (κ3) is 4.44. The highest BCUT2D eigenvalue weighted by molar-refractivity contribution is 5.94. The van der Waals surface area contributed by atoms with Gasteiger partial charge in [-0.3, -0.25) is 14.5 Å². The zero-order chi connectivity index (χ0) is 24.7. The van der Waals surface area contributed by atoms with E-state index < -0.39 is 17.2 Å². The lowest BCUT2D eigenvalue weighted by Gasteiger charge is -2.37. The molecule has 2 aromatic heterocycles. The zero-order valence-corrected chi connectivity index (χ0v) is 19.3. The maximum absolute atomic E-state index is 13.6. The van der Waals surface area contributed by atoms with E-state index in [4.69, 9.17) is 0 Å². The molecule has 2 aromatic carbocycles. The number of nitrogens with one attached hydrogen (secondary N) is 1. The fourth-order valence-corrected chi connectivity index (χ4v) is 4.28. The number of hydrogen-bond donors (Lipinski definition) is 1. The fourth-order valence-electron chi connectivity index (χ4n) is 4.28. The number of aromatic nitrogens is 4. The Bertz CT molecular complexity index is 1450. The predicted octanol–water partition coefficient (Wildman–Crippen LogP) is 3.22. The molecule has 1 N–H and O–H groups in total. The molecule has 4 aromatic rings. The SMILES string of the molecule is CC(C)N1CCN(C(=O)c2ccc(-n3cc(-c4cc5cc(F)c(F)cc5[nH]c4=O)nn3)cc2)CC1. The molecule has 0 aliphatic carbocycles. The van der Waals surface area contributed by atoms with Gasteiger partial charge in [0.2, 0.25) is 0 Å². The van der Waals surface area contributed by atoms with E-state index in [1.54, 1.807) is 30.5 Å². The van der Waals surface area contributed by atoms with E-state index in [-0.39, 0.29) is 22.7 Å². The van der Waals surface area contributed by atoms with E-state index in [2.05, 4.69) is 34.0 Å². The summed E-state index contributed by atoms with van der Waals surface area (Å²) in [5.74, 6) is -2.05. The first kappa shape index (κ1) is 22.9. The Labute approximate surface area is 199 Å². The number of hydrogen-bond acceptors (Lipinski definition) is 5. The van der Waals surface area contributed by atoms with E-state index in [1.807, 2.05) is 4.90 Å². The Morgan fingerprint density at radius 3 is 2.37 bits per heavy atom. The highest BCUT2D eigenvalue weighted by atomic mass is 19.2. The summed E-state index contributed by atoms with van der Waals surface area (Å²) in [5.41, 5.74) is 1.41. The minimum absolute atomic E-state index is 0.00870. The van der Waals surface area contributed by atoms with E-state index >= 15 is 0 Å². The van der Waals surface area contributed by atoms with Crippen LogP contribution in [0.1, 0.15) is 24.2 Å². The highest BCUT2D eigenvalue weighted by Crippen LogP contribution is 2.21. The number of aromatic amines is 1. The molecule has 1 aliphatic rings. The predicted molar refractivity (Wildman–Crippen MR) is 127 cm³/mol. The van der Waals surface area contributed by atoms with Crippen LogP contribution in [-0.2, 0) is 0 Å². The van der Waals surface area contributed by atoms with E-state index in [1.165, 1.54) is 10.7 Å². The minimum atomic E-state index is -1.04. The normalized spacial score (nSPS) is 14.7. The lowest BCUT2D eigenvalue weighted by Crippen LogP contribution is -2.50. The Morgan fingerprint density at radius 1 is 1.00 bits per heavy atom. The van der Waals surface area contributed by atoms with Crippen molar-refractivity contribution in [2.24, 2.45) is 0 Å². The molecule has 180 valence electrons. The largest absolute Gasteiger partial charge is 0.336 e. The number of fused-ring (bicyclic) bond motifs is 1. The Hall–Kier alpha value is -3.92. The number of benzene rings is 2. The summed E-state index contributed by atoms with van der Waals surface area (Å²) >= 11 is 0. The third-order valence-electron chi connectivity index (χ3n) is 6.37. The molecule has 0 saturated carbocycles. The summed E-state index contributed by atoms with van der Waals surface area (Å²) in [6.45, 7) is 7.42. The van der Waals surface area contributed by atoms with Gasteiger partial charge in [0.1, 0.15) is 5.69 Å². The fraction of sp³-hybridized carbons (Fsp3) is 0.280. The van der Waals surface area contributed by atoms with Gasteiger partial charge in [0.15, 0.2) is 11.6 Å². The molecule has 10 heteroatoms. The number of pyridine rings is 1. The maximum Gasteiger partial charge on any atom is 0.258 e. The smallest absolute Gasteiger partial charge is 0.258 e. The number of amides is 1. The summed E-state index contributed by atoms with van der Waals surface area (Å²) in [7, 11) is 0. The van der Waals surface area contributed by atoms with Crippen LogP contribution in [0, 0.1) is 11.6 Å². The van der Waals surface area contributed by atoms with Crippen molar-refractivity contribution in [1.82, 2.24) is 29.8 Å². The topological polar surface area (TPSA) is 87.1 Å². The van der Waals surface area contributed by atoms with Gasteiger partial charge in [-0.1, -0.05) is 5.21 Å². The van der Waals surface area contributed by atoms with Gasteiger partial charge in [0.25, 0.3) is 11.5 Å². The zero-order valence-electron chi connectivity index (χ0n) is 19.3. The molecule has 0 atom stereocenters. The Morgan fingerprint density at radius 2 is 1.69 bits per heavy atom. The molecule has 1 aliphatic heterocycles. The summed E-state index contributed by atoms with van der Waals surface area (Å²) in [5, 5.41) is 8.49. The lowest BCUT2D eigenvalue weighted by molar-refractivity contribution is 0.0595. The van der Waals surface area contributed by atoms with Crippen LogP contribution in [0.5, 0.6) is 0 Å². The van der Waals surface area contributed by atoms with Crippen LogP contribution >= 0.6 is 0 Å². The van der Waals surface area contributed by atoms with E-state index in [9.17, 15) is 18.4 Å². The highest BCUT2D eigenvalue weighted by Gasteiger charge is 2.23. The molecule has 8 nitrogen and oxygen atoms in total. The first-order chi connectivity index (χ1) is 16.8. The quantitative estimate of drug-likeness (QED) is 0.487. The van der Waals surface area contributed by atoms with E-state index in [0.717, 1.165) is 25.2 Å². The monoisotopic (exact) mass is 478 g/mol. The van der Waals surface area contributed by atoms with Crippen molar-refractivity contribution in [3.05, 3.63) is 76.2 Å². The van der Waals surface area contributed by atoms with Crippen molar-refractivity contribution in [2.45, 2.75) is 19.9 Å². The van der Waals surface area contributed by atoms with Gasteiger partial charge >= 0.3 is 0 Å². The number of H-pyrrole nitrogens is 1. The first-order valence-electron chi connectivity index (χ1n) is 11.4. The molecule has 1 saturated heterocycles. The van der Waals surface area contributed by atoms with Crippen LogP contribution < -0.4 is 5.56 Å². The first-order valence-corrected chi connectivity index (χ1v) is 11.4. The standard InChI is InChI=1S/C25H24F2N6O2/c1-15(2)31-7-9-32(10-8-31)25(35)16-3-5-18(6-4-16)33-14-23(29-30-33)19-11-17-12-20(26)21(27)13-22(17)28-24(19)34/h3-6,11-15H,7-10H2,1-2H3,(H,28,34). The maximum atomic E-state index is 13.6. The van der Waals surface area contributed by atoms with Crippen molar-refractivity contribution in [2.75, 3.05) is 26.2 Å². The molecule has 0 radical (unpaired) electrons. The number of halogens is 2. The number of rotatable bonds is 4. The van der Waals surface area contributed by atoms with Crippen molar-refractivity contribution >= 4 is 16.8 Å². The minimum Gasteiger partial charge on any atom is -0.336 e. The van der Waals surface area contributed by atoms with Gasteiger partial charge in [-0.15, -0.1) is 5.10 Å². The van der Waals surface area contributed by atoms with Gasteiger partial charge in [-0.2, -0.15) is 0 Å². The van der Waals surface area contributed by atoms with Crippen LogP contribution in [-0.4, -0.2) is 67.9 Å². The van der Waals surface area contributed by atoms with Crippen molar-refractivity contribution in [3.63, 3.8) is 0 Å². The third-order valence-corrected chi connectivity index (χ3v) is 6.37. The second kappa shape index (κ2) is 9.03. The number of piperazine rings is 1.